The van der Waals surface area contributed by atoms with E-state index in [9.17, 15) is 4.79 Å². The minimum Gasteiger partial charge on any atom is -0.467 e. The lowest BCUT2D eigenvalue weighted by atomic mass is 10.3. The average molecular weight is 169 g/mol. The molecule has 0 aliphatic heterocycles. The van der Waals surface area contributed by atoms with Gasteiger partial charge in [0.05, 0.1) is 7.11 Å². The van der Waals surface area contributed by atoms with Gasteiger partial charge < -0.3 is 13.9 Å². The highest BCUT2D eigenvalue weighted by molar-refractivity contribution is 5.75. The van der Waals surface area contributed by atoms with Gasteiger partial charge in [-0.3, -0.25) is 0 Å². The van der Waals surface area contributed by atoms with Crippen LogP contribution in [0.15, 0.2) is 16.5 Å². The lowest BCUT2D eigenvalue weighted by molar-refractivity contribution is -0.153. The monoisotopic (exact) mass is 169 g/mol. The first-order chi connectivity index (χ1) is 5.79. The van der Waals surface area contributed by atoms with Crippen LogP contribution in [0, 0.1) is 6.26 Å². The van der Waals surface area contributed by atoms with Crippen molar-refractivity contribution in [3.05, 3.63) is 24.2 Å². The predicted molar refractivity (Wildman–Crippen MR) is 39.3 cm³/mol. The normalized spacial score (nSPS) is 12.5. The highest BCUT2D eigenvalue weighted by Gasteiger charge is 2.23. The third-order valence-corrected chi connectivity index (χ3v) is 1.40. The molecule has 1 radical (unpaired) electrons. The molecule has 0 fully saturated rings. The zero-order valence-electron chi connectivity index (χ0n) is 6.87. The van der Waals surface area contributed by atoms with Crippen LogP contribution in [0.25, 0.3) is 0 Å². The molecule has 0 saturated carbocycles. The maximum absolute atomic E-state index is 11.0. The molecule has 1 unspecified atom stereocenters. The van der Waals surface area contributed by atoms with Gasteiger partial charge in [-0.15, -0.1) is 0 Å². The van der Waals surface area contributed by atoms with Gasteiger partial charge >= 0.3 is 5.97 Å². The van der Waals surface area contributed by atoms with E-state index in [-0.39, 0.29) is 0 Å². The summed E-state index contributed by atoms with van der Waals surface area (Å²) in [6.07, 6.45) is 1.67. The van der Waals surface area contributed by atoms with E-state index in [4.69, 9.17) is 9.15 Å². The summed E-state index contributed by atoms with van der Waals surface area (Å²) in [6.45, 7) is 0. The summed E-state index contributed by atoms with van der Waals surface area (Å²) in [5, 5.41) is 0. The molecule has 4 heteroatoms. The lowest BCUT2D eigenvalue weighted by Gasteiger charge is -2.08. The van der Waals surface area contributed by atoms with Crippen LogP contribution in [0.3, 0.4) is 0 Å². The average Bonchev–Trinajstić information content (AvgIpc) is 2.58. The molecule has 4 nitrogen and oxygen atoms in total. The standard InChI is InChI=1S/C8H9O4/c1-10-7(8(9)11-2)6-4-3-5-12-6/h3-4,7H,1-2H3. The van der Waals surface area contributed by atoms with Crippen molar-refractivity contribution >= 4 is 5.97 Å². The summed E-state index contributed by atoms with van der Waals surface area (Å²) in [5.74, 6) is -0.0924. The summed E-state index contributed by atoms with van der Waals surface area (Å²) >= 11 is 0. The molecular weight excluding hydrogens is 160 g/mol. The number of carbonyl (C=O) groups excluding carboxylic acids is 1. The third kappa shape index (κ3) is 1.65. The van der Waals surface area contributed by atoms with E-state index in [1.54, 1.807) is 12.1 Å². The summed E-state index contributed by atoms with van der Waals surface area (Å²) in [7, 11) is 2.70. The Hall–Kier alpha value is -1.29. The summed E-state index contributed by atoms with van der Waals surface area (Å²) in [6, 6.07) is 3.16. The molecule has 0 aliphatic carbocycles. The minimum absolute atomic E-state index is 0.393. The molecule has 1 heterocycles. The summed E-state index contributed by atoms with van der Waals surface area (Å²) < 4.78 is 14.2. The van der Waals surface area contributed by atoms with Crippen molar-refractivity contribution in [2.24, 2.45) is 0 Å². The first kappa shape index (κ1) is 8.80. The van der Waals surface area contributed by atoms with Crippen LogP contribution in [-0.4, -0.2) is 20.2 Å². The molecule has 0 spiro atoms. The highest BCUT2D eigenvalue weighted by atomic mass is 16.6. The molecule has 65 valence electrons. The number of hydrogen-bond donors (Lipinski definition) is 0. The number of furan rings is 1. The predicted octanol–water partition coefficient (Wildman–Crippen LogP) is 0.940. The Balaban J connectivity index is 2.76. The van der Waals surface area contributed by atoms with Crippen molar-refractivity contribution in [2.75, 3.05) is 14.2 Å². The van der Waals surface area contributed by atoms with E-state index >= 15 is 0 Å². The SMILES string of the molecule is COC(=O)C(OC)c1cc[c]o1. The van der Waals surface area contributed by atoms with Crippen LogP contribution in [-0.2, 0) is 14.3 Å². The molecule has 1 atom stereocenters. The molecule has 0 saturated heterocycles. The molecule has 1 rings (SSSR count). The molecule has 0 aliphatic rings. The zero-order valence-corrected chi connectivity index (χ0v) is 6.87. The van der Waals surface area contributed by atoms with Crippen molar-refractivity contribution in [1.29, 1.82) is 0 Å². The highest BCUT2D eigenvalue weighted by Crippen LogP contribution is 2.17. The van der Waals surface area contributed by atoms with Crippen molar-refractivity contribution in [3.8, 4) is 0 Å². The number of hydrogen-bond acceptors (Lipinski definition) is 4. The maximum Gasteiger partial charge on any atom is 0.342 e. The number of carbonyl (C=O) groups is 1. The van der Waals surface area contributed by atoms with E-state index in [1.807, 2.05) is 0 Å². The third-order valence-electron chi connectivity index (χ3n) is 1.40. The van der Waals surface area contributed by atoms with Crippen LogP contribution in [0.5, 0.6) is 0 Å². The van der Waals surface area contributed by atoms with E-state index in [1.165, 1.54) is 14.2 Å². The second-order valence-electron chi connectivity index (χ2n) is 2.09. The fourth-order valence-electron chi connectivity index (χ4n) is 0.829. The molecule has 1 aromatic rings. The molecule has 1 aromatic heterocycles. The van der Waals surface area contributed by atoms with Gasteiger partial charge in [0.25, 0.3) is 0 Å². The molecule has 12 heavy (non-hydrogen) atoms. The molecule has 0 bridgehead atoms. The van der Waals surface area contributed by atoms with Gasteiger partial charge in [-0.25, -0.2) is 4.79 Å². The van der Waals surface area contributed by atoms with Gasteiger partial charge in [0, 0.05) is 7.11 Å². The van der Waals surface area contributed by atoms with Crippen molar-refractivity contribution < 1.29 is 18.7 Å². The number of ether oxygens (including phenoxy) is 2. The fourth-order valence-corrected chi connectivity index (χ4v) is 0.829. The first-order valence-corrected chi connectivity index (χ1v) is 3.36. The van der Waals surface area contributed by atoms with Crippen LogP contribution < -0.4 is 0 Å². The lowest BCUT2D eigenvalue weighted by Crippen LogP contribution is -2.15. The van der Waals surface area contributed by atoms with E-state index in [0.717, 1.165) is 0 Å². The van der Waals surface area contributed by atoms with Gasteiger partial charge in [-0.2, -0.15) is 0 Å². The van der Waals surface area contributed by atoms with Crippen LogP contribution in [0.1, 0.15) is 11.9 Å². The largest absolute Gasteiger partial charge is 0.467 e. The Bertz CT molecular complexity index is 240. The Kier molecular flexibility index (Phi) is 2.88. The topological polar surface area (TPSA) is 48.7 Å². The number of rotatable bonds is 3. The number of esters is 1. The van der Waals surface area contributed by atoms with Crippen molar-refractivity contribution in [3.63, 3.8) is 0 Å². The summed E-state index contributed by atoms with van der Waals surface area (Å²) in [4.78, 5) is 11.0. The van der Waals surface area contributed by atoms with Crippen LogP contribution >= 0.6 is 0 Å². The molecule has 0 N–H and O–H groups in total. The second kappa shape index (κ2) is 3.92. The molecular formula is C8H9O4. The Morgan fingerprint density at radius 3 is 2.83 bits per heavy atom. The Labute approximate surface area is 70.1 Å². The maximum atomic E-state index is 11.0. The van der Waals surface area contributed by atoms with Gasteiger partial charge in [0.1, 0.15) is 5.76 Å². The Morgan fingerprint density at radius 1 is 1.67 bits per heavy atom. The smallest absolute Gasteiger partial charge is 0.342 e. The number of methoxy groups -OCH3 is 2. The van der Waals surface area contributed by atoms with Gasteiger partial charge in [0.2, 0.25) is 6.10 Å². The van der Waals surface area contributed by atoms with E-state index in [2.05, 4.69) is 11.0 Å². The van der Waals surface area contributed by atoms with Crippen LogP contribution in [0.2, 0.25) is 0 Å². The van der Waals surface area contributed by atoms with E-state index < -0.39 is 12.1 Å². The van der Waals surface area contributed by atoms with Gasteiger partial charge in [0.15, 0.2) is 6.26 Å². The zero-order chi connectivity index (χ0) is 8.97. The minimum atomic E-state index is -0.791. The van der Waals surface area contributed by atoms with Crippen molar-refractivity contribution in [2.45, 2.75) is 6.10 Å². The molecule has 0 amide bonds. The summed E-state index contributed by atoms with van der Waals surface area (Å²) in [5.41, 5.74) is 0. The van der Waals surface area contributed by atoms with Crippen LogP contribution in [0.4, 0.5) is 0 Å². The first-order valence-electron chi connectivity index (χ1n) is 3.36. The fraction of sp³-hybridized carbons (Fsp3) is 0.375. The Morgan fingerprint density at radius 2 is 2.42 bits per heavy atom. The molecule has 0 aromatic carbocycles. The van der Waals surface area contributed by atoms with Gasteiger partial charge in [-0.1, -0.05) is 0 Å². The van der Waals surface area contributed by atoms with E-state index in [0.29, 0.717) is 5.76 Å². The van der Waals surface area contributed by atoms with Crippen molar-refractivity contribution in [1.82, 2.24) is 0 Å². The quantitative estimate of drug-likeness (QED) is 0.632. The second-order valence-corrected chi connectivity index (χ2v) is 2.09. The van der Waals surface area contributed by atoms with Gasteiger partial charge in [-0.05, 0) is 12.1 Å².